The van der Waals surface area contributed by atoms with Crippen LogP contribution in [-0.4, -0.2) is 31.6 Å². The van der Waals surface area contributed by atoms with Crippen molar-refractivity contribution in [2.75, 3.05) is 20.8 Å². The molecule has 2 atom stereocenters. The Morgan fingerprint density at radius 1 is 1.06 bits per heavy atom. The fraction of sp³-hybridized carbons (Fsp3) is 0.222. The molecular formula is C27H26F2N2O3. The Hall–Kier alpha value is -3.71. The first kappa shape index (κ1) is 23.4. The summed E-state index contributed by atoms with van der Waals surface area (Å²) in [6, 6.07) is 15.2. The number of amides is 1. The second-order valence-corrected chi connectivity index (χ2v) is 8.08. The number of fused-ring (bicyclic) bond motifs is 1. The maximum atomic E-state index is 14.3. The van der Waals surface area contributed by atoms with Crippen molar-refractivity contribution in [2.45, 2.75) is 18.5 Å². The lowest BCUT2D eigenvalue weighted by atomic mass is 9.88. The molecule has 2 N–H and O–H groups in total. The topological polar surface area (TPSA) is 64.8 Å². The molecule has 0 saturated heterocycles. The highest BCUT2D eigenvalue weighted by atomic mass is 19.1. The van der Waals surface area contributed by atoms with Gasteiger partial charge in [0.25, 0.3) is 0 Å². The van der Waals surface area contributed by atoms with E-state index in [1.54, 1.807) is 20.3 Å². The number of benzene rings is 3. The van der Waals surface area contributed by atoms with Gasteiger partial charge in [-0.1, -0.05) is 42.5 Å². The van der Waals surface area contributed by atoms with Crippen LogP contribution in [0.15, 0.2) is 66.7 Å². The molecule has 1 aliphatic heterocycles. The molecule has 3 aromatic rings. The van der Waals surface area contributed by atoms with E-state index in [0.29, 0.717) is 24.5 Å². The molecule has 176 valence electrons. The van der Waals surface area contributed by atoms with E-state index in [1.807, 2.05) is 47.4 Å². The average Bonchev–Trinajstić information content (AvgIpc) is 2.84. The molecule has 1 amide bonds. The van der Waals surface area contributed by atoms with Crippen molar-refractivity contribution in [3.05, 3.63) is 101 Å². The van der Waals surface area contributed by atoms with Gasteiger partial charge in [-0.2, -0.15) is 0 Å². The number of nitrogens with zero attached hydrogens (tertiary/aromatic N) is 1. The molecule has 1 aliphatic rings. The molecule has 0 aromatic heterocycles. The van der Waals surface area contributed by atoms with E-state index >= 15 is 0 Å². The van der Waals surface area contributed by atoms with Crippen LogP contribution in [0.3, 0.4) is 0 Å². The Balaban J connectivity index is 1.85. The Morgan fingerprint density at radius 2 is 1.76 bits per heavy atom. The maximum Gasteiger partial charge on any atom is 0.239 e. The molecule has 0 saturated carbocycles. The summed E-state index contributed by atoms with van der Waals surface area (Å²) >= 11 is 0. The van der Waals surface area contributed by atoms with Crippen molar-refractivity contribution in [2.24, 2.45) is 5.73 Å². The summed E-state index contributed by atoms with van der Waals surface area (Å²) in [5, 5.41) is 0. The van der Waals surface area contributed by atoms with Crippen molar-refractivity contribution in [3.63, 3.8) is 0 Å². The molecule has 0 radical (unpaired) electrons. The van der Waals surface area contributed by atoms with Crippen LogP contribution in [0.1, 0.15) is 34.3 Å². The molecule has 0 spiro atoms. The van der Waals surface area contributed by atoms with Gasteiger partial charge in [-0.3, -0.25) is 9.69 Å². The first-order valence-corrected chi connectivity index (χ1v) is 10.9. The highest BCUT2D eigenvalue weighted by Gasteiger charge is 2.35. The summed E-state index contributed by atoms with van der Waals surface area (Å²) in [4.78, 5) is 14.6. The summed E-state index contributed by atoms with van der Waals surface area (Å²) in [5.74, 6) is -0.433. The summed E-state index contributed by atoms with van der Waals surface area (Å²) < 4.78 is 39.1. The Labute approximate surface area is 197 Å². The van der Waals surface area contributed by atoms with Gasteiger partial charge in [-0.25, -0.2) is 8.78 Å². The molecule has 3 aromatic carbocycles. The predicted octanol–water partition coefficient (Wildman–Crippen LogP) is 4.82. The highest BCUT2D eigenvalue weighted by Crippen LogP contribution is 2.42. The molecule has 7 heteroatoms. The number of hydrogen-bond acceptors (Lipinski definition) is 4. The van der Waals surface area contributed by atoms with Crippen LogP contribution in [0.5, 0.6) is 11.5 Å². The lowest BCUT2D eigenvalue weighted by Gasteiger charge is -2.40. The number of carbonyl (C=O) groups excluding carboxylic acids is 1. The highest BCUT2D eigenvalue weighted by molar-refractivity contribution is 5.81. The van der Waals surface area contributed by atoms with Gasteiger partial charge in [0, 0.05) is 12.1 Å². The summed E-state index contributed by atoms with van der Waals surface area (Å²) in [7, 11) is 3.12. The number of halogens is 2. The van der Waals surface area contributed by atoms with E-state index in [9.17, 15) is 13.6 Å². The lowest BCUT2D eigenvalue weighted by Crippen LogP contribution is -2.43. The van der Waals surface area contributed by atoms with Gasteiger partial charge < -0.3 is 15.2 Å². The second kappa shape index (κ2) is 10.1. The zero-order valence-corrected chi connectivity index (χ0v) is 19.0. The first-order chi connectivity index (χ1) is 16.4. The Kier molecular flexibility index (Phi) is 6.93. The Bertz CT molecular complexity index is 1210. The van der Waals surface area contributed by atoms with E-state index in [-0.39, 0.29) is 5.56 Å². The third-order valence-corrected chi connectivity index (χ3v) is 6.09. The van der Waals surface area contributed by atoms with Crippen LogP contribution in [0, 0.1) is 11.6 Å². The van der Waals surface area contributed by atoms with Gasteiger partial charge >= 0.3 is 0 Å². The third-order valence-electron chi connectivity index (χ3n) is 6.09. The van der Waals surface area contributed by atoms with Gasteiger partial charge in [0.05, 0.1) is 20.3 Å². The molecule has 0 fully saturated rings. The van der Waals surface area contributed by atoms with Crippen molar-refractivity contribution >= 4 is 12.0 Å². The predicted molar refractivity (Wildman–Crippen MR) is 126 cm³/mol. The molecule has 0 aliphatic carbocycles. The largest absolute Gasteiger partial charge is 0.493 e. The summed E-state index contributed by atoms with van der Waals surface area (Å²) in [6.07, 6.45) is 3.94. The number of hydrogen-bond donors (Lipinski definition) is 1. The van der Waals surface area contributed by atoms with Crippen molar-refractivity contribution in [3.8, 4) is 11.5 Å². The van der Waals surface area contributed by atoms with Gasteiger partial charge in [-0.05, 0) is 53.4 Å². The molecule has 1 heterocycles. The van der Waals surface area contributed by atoms with E-state index < -0.39 is 29.6 Å². The smallest absolute Gasteiger partial charge is 0.239 e. The fourth-order valence-electron chi connectivity index (χ4n) is 4.49. The second-order valence-electron chi connectivity index (χ2n) is 8.08. The molecule has 4 rings (SSSR count). The molecule has 0 bridgehead atoms. The van der Waals surface area contributed by atoms with Gasteiger partial charge in [-0.15, -0.1) is 0 Å². The quantitative estimate of drug-likeness (QED) is 0.545. The number of nitrogens with two attached hydrogens (primary N) is 1. The summed E-state index contributed by atoms with van der Waals surface area (Å²) in [6.45, 7) is 0.519. The van der Waals surface area contributed by atoms with Crippen molar-refractivity contribution in [1.29, 1.82) is 0 Å². The standard InChI is InChI=1S/C27H26F2N2O3/c1-33-24-15-18-12-13-31(26(27(30)32)17-6-4-3-5-7-17)23(21(18)16-25(24)34-2)11-8-19-14-20(28)9-10-22(19)29/h3-11,14-16,23,26H,12-13H2,1-2H3,(H2,30,32)/b11-8+. The Morgan fingerprint density at radius 3 is 2.44 bits per heavy atom. The minimum atomic E-state index is -0.713. The van der Waals surface area contributed by atoms with Crippen LogP contribution in [0.25, 0.3) is 6.08 Å². The van der Waals surface area contributed by atoms with E-state index in [0.717, 1.165) is 34.9 Å². The van der Waals surface area contributed by atoms with Gasteiger partial charge in [0.2, 0.25) is 5.91 Å². The minimum absolute atomic E-state index is 0.114. The van der Waals surface area contributed by atoms with Crippen molar-refractivity contribution < 1.29 is 23.0 Å². The van der Waals surface area contributed by atoms with Gasteiger partial charge in [0.15, 0.2) is 11.5 Å². The molecular weight excluding hydrogens is 438 g/mol. The van der Waals surface area contributed by atoms with E-state index in [2.05, 4.69) is 0 Å². The molecule has 2 unspecified atom stereocenters. The number of primary amides is 1. The molecule has 5 nitrogen and oxygen atoms in total. The first-order valence-electron chi connectivity index (χ1n) is 10.9. The van der Waals surface area contributed by atoms with E-state index in [1.165, 1.54) is 6.08 Å². The summed E-state index contributed by atoms with van der Waals surface area (Å²) in [5.41, 5.74) is 8.64. The van der Waals surface area contributed by atoms with Crippen LogP contribution in [0.4, 0.5) is 8.78 Å². The van der Waals surface area contributed by atoms with Crippen LogP contribution in [-0.2, 0) is 11.2 Å². The third kappa shape index (κ3) is 4.65. The number of methoxy groups -OCH3 is 2. The number of ether oxygens (including phenoxy) is 2. The van der Waals surface area contributed by atoms with Gasteiger partial charge in [0.1, 0.15) is 17.7 Å². The lowest BCUT2D eigenvalue weighted by molar-refractivity contribution is -0.124. The number of carbonyl (C=O) groups is 1. The normalized spacial score (nSPS) is 16.8. The fourth-order valence-corrected chi connectivity index (χ4v) is 4.49. The van der Waals surface area contributed by atoms with E-state index in [4.69, 9.17) is 15.2 Å². The average molecular weight is 465 g/mol. The zero-order chi connectivity index (χ0) is 24.2. The van der Waals surface area contributed by atoms with Crippen LogP contribution < -0.4 is 15.2 Å². The van der Waals surface area contributed by atoms with Crippen LogP contribution in [0.2, 0.25) is 0 Å². The van der Waals surface area contributed by atoms with Crippen molar-refractivity contribution in [1.82, 2.24) is 4.90 Å². The monoisotopic (exact) mass is 464 g/mol. The SMILES string of the molecule is COc1cc2c(cc1OC)C(/C=C/c1cc(F)ccc1F)N(C(C(N)=O)c1ccccc1)CC2. The molecule has 34 heavy (non-hydrogen) atoms. The maximum absolute atomic E-state index is 14.3. The minimum Gasteiger partial charge on any atom is -0.493 e. The number of rotatable bonds is 7. The van der Waals surface area contributed by atoms with Crippen LogP contribution >= 0.6 is 0 Å². The zero-order valence-electron chi connectivity index (χ0n) is 19.0.